The molecule has 34 heavy (non-hydrogen) atoms. The molecule has 0 bridgehead atoms. The number of benzene rings is 1. The van der Waals surface area contributed by atoms with Crippen LogP contribution in [0, 0.1) is 5.92 Å². The first-order chi connectivity index (χ1) is 16.1. The number of hydrogen-bond acceptors (Lipinski definition) is 7. The fourth-order valence-electron chi connectivity index (χ4n) is 4.08. The van der Waals surface area contributed by atoms with Crippen molar-refractivity contribution in [2.45, 2.75) is 32.5 Å². The summed E-state index contributed by atoms with van der Waals surface area (Å²) in [4.78, 5) is 21.5. The molecule has 3 atom stereocenters. The average molecular weight is 491 g/mol. The van der Waals surface area contributed by atoms with Crippen molar-refractivity contribution in [2.24, 2.45) is 5.92 Å². The summed E-state index contributed by atoms with van der Waals surface area (Å²) in [5.41, 5.74) is 1.71. The first kappa shape index (κ1) is 25.9. The Morgan fingerprint density at radius 3 is 2.65 bits per heavy atom. The molecule has 0 saturated carbocycles. The van der Waals surface area contributed by atoms with Crippen LogP contribution < -0.4 is 9.46 Å². The summed E-state index contributed by atoms with van der Waals surface area (Å²) in [5.74, 6) is 0.282. The summed E-state index contributed by atoms with van der Waals surface area (Å²) in [7, 11) is -0.118. The van der Waals surface area contributed by atoms with E-state index in [1.54, 1.807) is 37.4 Å². The lowest BCUT2D eigenvalue weighted by molar-refractivity contribution is 0.00920. The van der Waals surface area contributed by atoms with Gasteiger partial charge in [0.1, 0.15) is 12.4 Å². The zero-order valence-corrected chi connectivity index (χ0v) is 21.2. The van der Waals surface area contributed by atoms with Crippen molar-refractivity contribution in [1.82, 2.24) is 14.8 Å². The molecule has 2 heterocycles. The summed E-state index contributed by atoms with van der Waals surface area (Å²) < 4.78 is 37.7. The Morgan fingerprint density at radius 2 is 2.00 bits per heavy atom. The van der Waals surface area contributed by atoms with Gasteiger partial charge in [-0.15, -0.1) is 0 Å². The van der Waals surface area contributed by atoms with Crippen molar-refractivity contribution in [3.05, 3.63) is 53.9 Å². The maximum absolute atomic E-state index is 13.3. The first-order valence-corrected chi connectivity index (χ1v) is 13.1. The minimum atomic E-state index is -3.49. The number of hydrogen-bond donors (Lipinski definition) is 1. The summed E-state index contributed by atoms with van der Waals surface area (Å²) in [5, 5.41) is 0. The van der Waals surface area contributed by atoms with Crippen LogP contribution in [0.1, 0.15) is 29.8 Å². The maximum Gasteiger partial charge on any atom is 0.257 e. The third-order valence-corrected chi connectivity index (χ3v) is 6.59. The molecule has 1 amide bonds. The molecule has 0 aliphatic carbocycles. The normalized spacial score (nSPS) is 22.8. The van der Waals surface area contributed by atoms with Crippen LogP contribution in [-0.4, -0.2) is 81.4 Å². The second-order valence-electron chi connectivity index (χ2n) is 8.97. The van der Waals surface area contributed by atoms with Crippen LogP contribution in [0.4, 0.5) is 5.69 Å². The van der Waals surface area contributed by atoms with E-state index in [4.69, 9.17) is 9.47 Å². The number of carbonyl (C=O) groups excluding carboxylic acids is 1. The largest absolute Gasteiger partial charge is 0.491 e. The number of pyridine rings is 1. The number of methoxy groups -OCH3 is 1. The molecule has 1 aromatic heterocycles. The van der Waals surface area contributed by atoms with Crippen molar-refractivity contribution in [3.63, 3.8) is 0 Å². The topological polar surface area (TPSA) is 101 Å². The summed E-state index contributed by atoms with van der Waals surface area (Å²) >= 11 is 0. The van der Waals surface area contributed by atoms with Gasteiger partial charge in [0.2, 0.25) is 10.0 Å². The number of ether oxygens (including phenoxy) is 2. The monoisotopic (exact) mass is 490 g/mol. The number of nitrogens with zero attached hydrogens (tertiary/aromatic N) is 3. The van der Waals surface area contributed by atoms with Crippen LogP contribution >= 0.6 is 0 Å². The van der Waals surface area contributed by atoms with E-state index in [9.17, 15) is 13.2 Å². The standard InChI is InChI=1S/C24H34N4O5S/c1-17-13-28(14-19-7-6-10-25-12-19)18(2)16-33-22-9-8-20(26-34(5,30)31)11-21(22)24(29)27(3)15-23(17)32-4/h6-12,17-18,23,26H,13-16H2,1-5H3/t17-,18-,23-/m1/s1. The van der Waals surface area contributed by atoms with E-state index >= 15 is 0 Å². The van der Waals surface area contributed by atoms with E-state index in [-0.39, 0.29) is 24.0 Å². The Balaban J connectivity index is 1.96. The Bertz CT molecular complexity index is 1080. The third-order valence-electron chi connectivity index (χ3n) is 5.99. The minimum Gasteiger partial charge on any atom is -0.491 e. The van der Waals surface area contributed by atoms with E-state index < -0.39 is 10.0 Å². The van der Waals surface area contributed by atoms with Crippen molar-refractivity contribution < 1.29 is 22.7 Å². The number of likely N-dealkylation sites (N-methyl/N-ethyl adjacent to an activating group) is 1. The molecule has 0 saturated heterocycles. The Labute approximate surface area is 202 Å². The van der Waals surface area contributed by atoms with E-state index in [1.807, 2.05) is 18.3 Å². The molecular weight excluding hydrogens is 456 g/mol. The van der Waals surface area contributed by atoms with Gasteiger partial charge < -0.3 is 14.4 Å². The van der Waals surface area contributed by atoms with Gasteiger partial charge in [0.05, 0.1) is 17.9 Å². The van der Waals surface area contributed by atoms with Gasteiger partial charge in [-0.3, -0.25) is 19.4 Å². The molecule has 2 aromatic rings. The molecule has 1 N–H and O–H groups in total. The molecule has 1 aliphatic heterocycles. The Hall–Kier alpha value is -2.69. The fraction of sp³-hybridized carbons (Fsp3) is 0.500. The number of carbonyl (C=O) groups is 1. The molecule has 0 spiro atoms. The molecular formula is C24H34N4O5S. The average Bonchev–Trinajstić information content (AvgIpc) is 2.79. The minimum absolute atomic E-state index is 0.0362. The van der Waals surface area contributed by atoms with Crippen molar-refractivity contribution in [2.75, 3.05) is 44.8 Å². The summed E-state index contributed by atoms with van der Waals surface area (Å²) in [6.07, 6.45) is 4.51. The highest BCUT2D eigenvalue weighted by atomic mass is 32.2. The molecule has 1 aliphatic rings. The molecule has 3 rings (SSSR count). The van der Waals surface area contributed by atoms with Gasteiger partial charge in [-0.25, -0.2) is 8.42 Å². The predicted molar refractivity (Wildman–Crippen MR) is 131 cm³/mol. The van der Waals surface area contributed by atoms with Crippen molar-refractivity contribution >= 4 is 21.6 Å². The number of rotatable bonds is 5. The highest BCUT2D eigenvalue weighted by molar-refractivity contribution is 7.92. The zero-order chi connectivity index (χ0) is 24.9. The summed E-state index contributed by atoms with van der Waals surface area (Å²) in [6, 6.07) is 8.76. The second-order valence-corrected chi connectivity index (χ2v) is 10.7. The Morgan fingerprint density at radius 1 is 1.24 bits per heavy atom. The molecule has 186 valence electrons. The van der Waals surface area contributed by atoms with Crippen LogP contribution in [0.5, 0.6) is 5.75 Å². The number of nitrogens with one attached hydrogen (secondary N) is 1. The lowest BCUT2D eigenvalue weighted by Crippen LogP contribution is -2.46. The molecule has 1 aromatic carbocycles. The molecule has 0 fully saturated rings. The summed E-state index contributed by atoms with van der Waals surface area (Å²) in [6.45, 7) is 6.40. The fourth-order valence-corrected chi connectivity index (χ4v) is 4.63. The number of sulfonamides is 1. The SMILES string of the molecule is CO[C@@H]1CN(C)C(=O)c2cc(NS(C)(=O)=O)ccc2OC[C@@H](C)N(Cc2cccnc2)C[C@H]1C. The van der Waals surface area contributed by atoms with Gasteiger partial charge in [-0.2, -0.15) is 0 Å². The lowest BCUT2D eigenvalue weighted by atomic mass is 10.0. The van der Waals surface area contributed by atoms with Crippen LogP contribution in [0.2, 0.25) is 0 Å². The second kappa shape index (κ2) is 11.2. The number of aromatic nitrogens is 1. The van der Waals surface area contributed by atoms with Crippen LogP contribution in [-0.2, 0) is 21.3 Å². The van der Waals surface area contributed by atoms with Gasteiger partial charge in [0.25, 0.3) is 5.91 Å². The van der Waals surface area contributed by atoms with E-state index in [2.05, 4.69) is 28.5 Å². The van der Waals surface area contributed by atoms with E-state index in [0.717, 1.165) is 18.4 Å². The quantitative estimate of drug-likeness (QED) is 0.687. The Kier molecular flexibility index (Phi) is 8.51. The molecule has 9 nitrogen and oxygen atoms in total. The van der Waals surface area contributed by atoms with Gasteiger partial charge >= 0.3 is 0 Å². The molecule has 0 radical (unpaired) electrons. The van der Waals surface area contributed by atoms with Crippen LogP contribution in [0.25, 0.3) is 0 Å². The highest BCUT2D eigenvalue weighted by Gasteiger charge is 2.28. The van der Waals surface area contributed by atoms with Gasteiger partial charge in [-0.05, 0) is 42.7 Å². The smallest absolute Gasteiger partial charge is 0.257 e. The zero-order valence-electron chi connectivity index (χ0n) is 20.4. The maximum atomic E-state index is 13.3. The van der Waals surface area contributed by atoms with Gasteiger partial charge in [0, 0.05) is 57.9 Å². The molecule has 0 unspecified atom stereocenters. The van der Waals surface area contributed by atoms with Gasteiger partial charge in [0.15, 0.2) is 0 Å². The van der Waals surface area contributed by atoms with E-state index in [0.29, 0.717) is 36.7 Å². The number of fused-ring (bicyclic) bond motifs is 1. The number of anilines is 1. The van der Waals surface area contributed by atoms with Crippen LogP contribution in [0.3, 0.4) is 0 Å². The third kappa shape index (κ3) is 6.91. The number of amides is 1. The van der Waals surface area contributed by atoms with Crippen molar-refractivity contribution in [3.8, 4) is 5.75 Å². The predicted octanol–water partition coefficient (Wildman–Crippen LogP) is 2.46. The van der Waals surface area contributed by atoms with Gasteiger partial charge in [-0.1, -0.05) is 13.0 Å². The first-order valence-electron chi connectivity index (χ1n) is 11.2. The van der Waals surface area contributed by atoms with Crippen LogP contribution in [0.15, 0.2) is 42.7 Å². The van der Waals surface area contributed by atoms with Crippen molar-refractivity contribution in [1.29, 1.82) is 0 Å². The van der Waals surface area contributed by atoms with E-state index in [1.165, 1.54) is 6.07 Å². The molecule has 10 heteroatoms. The highest BCUT2D eigenvalue weighted by Crippen LogP contribution is 2.27. The lowest BCUT2D eigenvalue weighted by Gasteiger charge is -2.36.